The van der Waals surface area contributed by atoms with Crippen LogP contribution in [0.4, 0.5) is 0 Å². The average molecular weight is 441 g/mol. The van der Waals surface area contributed by atoms with Crippen LogP contribution < -0.4 is 4.57 Å². The third kappa shape index (κ3) is 3.04. The van der Waals surface area contributed by atoms with E-state index >= 15 is 0 Å². The number of rotatable bonds is 3. The third-order valence-electron chi connectivity index (χ3n) is 1.61. The van der Waals surface area contributed by atoms with Crippen LogP contribution in [0, 0.1) is 0 Å². The Balaban J connectivity index is 2.83. The summed E-state index contributed by atoms with van der Waals surface area (Å²) in [5.41, 5.74) is 0. The molecule has 0 aliphatic heterocycles. The summed E-state index contributed by atoms with van der Waals surface area (Å²) in [6.45, 7) is 0.936. The van der Waals surface area contributed by atoms with Crippen molar-refractivity contribution in [3.8, 4) is 0 Å². The van der Waals surface area contributed by atoms with Gasteiger partial charge in [0, 0.05) is 37.2 Å². The van der Waals surface area contributed by atoms with Crippen molar-refractivity contribution in [1.29, 1.82) is 0 Å². The van der Waals surface area contributed by atoms with Crippen LogP contribution in [0.2, 0.25) is 0 Å². The zero-order valence-corrected chi connectivity index (χ0v) is 13.3. The van der Waals surface area contributed by atoms with Crippen LogP contribution in [-0.4, -0.2) is 14.7 Å². The second-order valence-corrected chi connectivity index (χ2v) is 6.16. The molecular weight excluding hydrogens is 432 g/mol. The molecule has 0 radical (unpaired) electrons. The largest absolute Gasteiger partial charge is 0.245 e. The zero-order chi connectivity index (χ0) is 10.0. The van der Waals surface area contributed by atoms with Crippen LogP contribution in [0.1, 0.15) is 0 Å². The standard InChI is InChI=1S/C7H9Br4N2/c1-12-4-13(3-5(9)2-8)7(11)6(12)10/h4-5H,2-3H2,1H3/q+1. The monoisotopic (exact) mass is 437 g/mol. The van der Waals surface area contributed by atoms with Crippen molar-refractivity contribution in [2.75, 3.05) is 5.33 Å². The van der Waals surface area contributed by atoms with E-state index in [1.165, 1.54) is 0 Å². The molecule has 0 N–H and O–H groups in total. The molecule has 74 valence electrons. The van der Waals surface area contributed by atoms with E-state index < -0.39 is 0 Å². The molecule has 1 aromatic heterocycles. The Kier molecular flexibility index (Phi) is 4.95. The van der Waals surface area contributed by atoms with E-state index in [9.17, 15) is 0 Å². The van der Waals surface area contributed by atoms with Gasteiger partial charge < -0.3 is 0 Å². The summed E-state index contributed by atoms with van der Waals surface area (Å²) in [5.74, 6) is 0. The van der Waals surface area contributed by atoms with E-state index in [2.05, 4.69) is 68.3 Å². The van der Waals surface area contributed by atoms with Crippen molar-refractivity contribution in [1.82, 2.24) is 4.57 Å². The average Bonchev–Trinajstić information content (AvgIpc) is 2.34. The molecule has 0 saturated carbocycles. The van der Waals surface area contributed by atoms with Gasteiger partial charge in [0.05, 0.1) is 11.9 Å². The van der Waals surface area contributed by atoms with E-state index in [4.69, 9.17) is 0 Å². The number of imidazole rings is 1. The molecule has 0 amide bonds. The number of hydrogen-bond donors (Lipinski definition) is 0. The summed E-state index contributed by atoms with van der Waals surface area (Å²) in [6, 6.07) is 0. The lowest BCUT2D eigenvalue weighted by Gasteiger charge is -2.01. The first kappa shape index (κ1) is 12.2. The Bertz CT molecular complexity index is 297. The van der Waals surface area contributed by atoms with Crippen molar-refractivity contribution in [2.45, 2.75) is 11.4 Å². The highest BCUT2D eigenvalue weighted by Crippen LogP contribution is 2.20. The fraction of sp³-hybridized carbons (Fsp3) is 0.571. The minimum atomic E-state index is 0.447. The predicted octanol–water partition coefficient (Wildman–Crippen LogP) is 3.00. The van der Waals surface area contributed by atoms with Crippen molar-refractivity contribution < 1.29 is 4.57 Å². The highest BCUT2D eigenvalue weighted by molar-refractivity contribution is 9.13. The second kappa shape index (κ2) is 5.28. The van der Waals surface area contributed by atoms with E-state index in [0.717, 1.165) is 21.1 Å². The summed E-state index contributed by atoms with van der Waals surface area (Å²) in [5, 5.41) is 0.943. The summed E-state index contributed by atoms with van der Waals surface area (Å²) in [7, 11) is 2.00. The Hall–Kier alpha value is 1.13. The van der Waals surface area contributed by atoms with Gasteiger partial charge in [-0.05, 0) is 0 Å². The van der Waals surface area contributed by atoms with Gasteiger partial charge in [-0.1, -0.05) is 31.9 Å². The first-order valence-corrected chi connectivity index (χ1v) is 7.28. The lowest BCUT2D eigenvalue weighted by molar-refractivity contribution is -0.682. The van der Waals surface area contributed by atoms with Gasteiger partial charge in [0.15, 0.2) is 0 Å². The molecule has 2 nitrogen and oxygen atoms in total. The van der Waals surface area contributed by atoms with Gasteiger partial charge >= 0.3 is 0 Å². The molecule has 0 bridgehead atoms. The predicted molar refractivity (Wildman–Crippen MR) is 67.5 cm³/mol. The maximum Gasteiger partial charge on any atom is 0.245 e. The van der Waals surface area contributed by atoms with Crippen LogP contribution in [0.25, 0.3) is 0 Å². The van der Waals surface area contributed by atoms with Gasteiger partial charge in [0.2, 0.25) is 15.5 Å². The van der Waals surface area contributed by atoms with Crippen molar-refractivity contribution >= 4 is 63.7 Å². The van der Waals surface area contributed by atoms with Crippen molar-refractivity contribution in [3.05, 3.63) is 15.5 Å². The number of aryl methyl sites for hydroxylation is 1. The Morgan fingerprint density at radius 3 is 2.54 bits per heavy atom. The first-order chi connectivity index (χ1) is 6.06. The van der Waals surface area contributed by atoms with E-state index in [0.29, 0.717) is 4.83 Å². The summed E-state index contributed by atoms with van der Waals surface area (Å²) < 4.78 is 6.30. The highest BCUT2D eigenvalue weighted by Gasteiger charge is 2.18. The normalized spacial score (nSPS) is 13.3. The van der Waals surface area contributed by atoms with Gasteiger partial charge in [0.25, 0.3) is 0 Å². The molecule has 13 heavy (non-hydrogen) atoms. The fourth-order valence-corrected chi connectivity index (χ4v) is 2.32. The quantitative estimate of drug-likeness (QED) is 0.505. The maximum absolute atomic E-state index is 3.57. The molecule has 1 rings (SSSR count). The molecule has 1 heterocycles. The van der Waals surface area contributed by atoms with Crippen LogP contribution in [0.3, 0.4) is 0 Å². The van der Waals surface area contributed by atoms with Gasteiger partial charge in [-0.15, -0.1) is 0 Å². The van der Waals surface area contributed by atoms with E-state index in [-0.39, 0.29) is 0 Å². The summed E-state index contributed by atoms with van der Waals surface area (Å²) in [4.78, 5) is 0.447. The molecule has 0 aromatic carbocycles. The molecule has 1 unspecified atom stereocenters. The smallest absolute Gasteiger partial charge is 0.226 e. The molecular formula is C7H9Br4N2+. The van der Waals surface area contributed by atoms with Crippen LogP contribution >= 0.6 is 63.7 Å². The third-order valence-corrected chi connectivity index (χ3v) is 6.17. The molecule has 0 spiro atoms. The van der Waals surface area contributed by atoms with Gasteiger partial charge in [-0.3, -0.25) is 0 Å². The molecule has 6 heteroatoms. The molecule has 0 aliphatic rings. The lowest BCUT2D eigenvalue weighted by Crippen LogP contribution is -2.26. The summed E-state index contributed by atoms with van der Waals surface area (Å²) >= 11 is 14.0. The second-order valence-electron chi connectivity index (χ2n) is 2.71. The molecule has 1 atom stereocenters. The number of nitrogens with zero attached hydrogens (tertiary/aromatic N) is 2. The zero-order valence-electron chi connectivity index (χ0n) is 6.98. The van der Waals surface area contributed by atoms with E-state index in [1.54, 1.807) is 0 Å². The van der Waals surface area contributed by atoms with Crippen molar-refractivity contribution in [2.24, 2.45) is 7.05 Å². The number of halogens is 4. The van der Waals surface area contributed by atoms with Crippen molar-refractivity contribution in [3.63, 3.8) is 0 Å². The first-order valence-electron chi connectivity index (χ1n) is 3.66. The maximum atomic E-state index is 3.57. The van der Waals surface area contributed by atoms with Crippen LogP contribution in [0.15, 0.2) is 15.5 Å². The molecule has 0 fully saturated rings. The minimum Gasteiger partial charge on any atom is -0.226 e. The Labute approximate surface area is 111 Å². The topological polar surface area (TPSA) is 8.81 Å². The van der Waals surface area contributed by atoms with Gasteiger partial charge in [-0.25, -0.2) is 9.13 Å². The van der Waals surface area contributed by atoms with Gasteiger partial charge in [-0.2, -0.15) is 0 Å². The van der Waals surface area contributed by atoms with E-state index in [1.807, 2.05) is 17.9 Å². The van der Waals surface area contributed by atoms with Crippen LogP contribution in [-0.2, 0) is 13.6 Å². The fourth-order valence-electron chi connectivity index (χ4n) is 0.964. The Morgan fingerprint density at radius 2 is 2.15 bits per heavy atom. The SMILES string of the molecule is C[n+]1cn(CC(Br)CBr)c(Br)c1Br. The Morgan fingerprint density at radius 1 is 1.54 bits per heavy atom. The number of aromatic nitrogens is 2. The van der Waals surface area contributed by atoms with Gasteiger partial charge in [0.1, 0.15) is 6.54 Å². The summed E-state index contributed by atoms with van der Waals surface area (Å²) in [6.07, 6.45) is 2.05. The highest BCUT2D eigenvalue weighted by atomic mass is 79.9. The van der Waals surface area contributed by atoms with Crippen LogP contribution in [0.5, 0.6) is 0 Å². The number of hydrogen-bond acceptors (Lipinski definition) is 0. The molecule has 0 saturated heterocycles. The molecule has 0 aliphatic carbocycles. The minimum absolute atomic E-state index is 0.447. The molecule has 1 aromatic rings. The lowest BCUT2D eigenvalue weighted by atomic mass is 10.5. The number of alkyl halides is 2.